The molecule has 0 heterocycles. The Morgan fingerprint density at radius 3 is 2.33 bits per heavy atom. The Labute approximate surface area is 102 Å². The van der Waals surface area contributed by atoms with E-state index in [2.05, 4.69) is 0 Å². The van der Waals surface area contributed by atoms with Crippen LogP contribution < -0.4 is 28.7 Å². The van der Waals surface area contributed by atoms with Crippen LogP contribution in [0.5, 0.6) is 5.75 Å². The molecule has 15 heavy (non-hydrogen) atoms. The Hall–Kier alpha value is -0.913. The number of rotatable bonds is 3. The number of carbonyl (C=O) groups excluding carboxylic acids is 1. The fourth-order valence-corrected chi connectivity index (χ4v) is 1.28. The summed E-state index contributed by atoms with van der Waals surface area (Å²) >= 11 is 0. The van der Waals surface area contributed by atoms with E-state index in [-0.39, 0.29) is 18.9 Å². The third-order valence-corrected chi connectivity index (χ3v) is 2.21. The van der Waals surface area contributed by atoms with E-state index in [0.717, 1.165) is 16.7 Å². The number of hydrogen-bond acceptors (Lipinski definition) is 3. The van der Waals surface area contributed by atoms with E-state index in [1.807, 2.05) is 32.9 Å². The average molecular weight is 200 g/mol. The minimum Gasteiger partial charge on any atom is -0.546 e. The molecule has 0 aromatic heterocycles. The van der Waals surface area contributed by atoms with Crippen LogP contribution in [0, 0.1) is 20.8 Å². The third kappa shape index (κ3) is 3.62. The summed E-state index contributed by atoms with van der Waals surface area (Å²) < 4.78 is 5.15. The summed E-state index contributed by atoms with van der Waals surface area (Å²) in [6.45, 7) is 5.36. The molecule has 0 radical (unpaired) electrons. The molecular weight excluding hydrogens is 187 g/mol. The molecule has 1 aromatic carbocycles. The molecule has 0 atom stereocenters. The minimum absolute atomic E-state index is 0. The Morgan fingerprint density at radius 2 is 1.80 bits per heavy atom. The molecule has 76 valence electrons. The monoisotopic (exact) mass is 200 g/mol. The van der Waals surface area contributed by atoms with Crippen molar-refractivity contribution < 1.29 is 33.5 Å². The van der Waals surface area contributed by atoms with Crippen molar-refractivity contribution in [1.29, 1.82) is 0 Å². The van der Waals surface area contributed by atoms with Gasteiger partial charge in [-0.15, -0.1) is 0 Å². The van der Waals surface area contributed by atoms with Crippen LogP contribution in [-0.4, -0.2) is 12.6 Å². The Bertz CT molecular complexity index is 361. The van der Waals surface area contributed by atoms with Crippen molar-refractivity contribution in [2.75, 3.05) is 6.61 Å². The molecule has 0 saturated heterocycles. The molecule has 0 aliphatic carbocycles. The molecule has 0 unspecified atom stereocenters. The fraction of sp³-hybridized carbons (Fsp3) is 0.364. The van der Waals surface area contributed by atoms with Crippen LogP contribution in [0.3, 0.4) is 0 Å². The van der Waals surface area contributed by atoms with Gasteiger partial charge in [0.25, 0.3) is 0 Å². The van der Waals surface area contributed by atoms with Crippen molar-refractivity contribution in [2.45, 2.75) is 20.8 Å². The van der Waals surface area contributed by atoms with Crippen molar-refractivity contribution in [2.24, 2.45) is 0 Å². The summed E-state index contributed by atoms with van der Waals surface area (Å²) in [6, 6.07) is 3.89. The predicted molar refractivity (Wildman–Crippen MR) is 51.2 cm³/mol. The fourth-order valence-electron chi connectivity index (χ4n) is 1.28. The number of carboxylic acids is 1. The number of carbonyl (C=O) groups is 1. The third-order valence-electron chi connectivity index (χ3n) is 2.21. The van der Waals surface area contributed by atoms with Gasteiger partial charge in [0, 0.05) is 0 Å². The van der Waals surface area contributed by atoms with Gasteiger partial charge < -0.3 is 14.6 Å². The first-order chi connectivity index (χ1) is 6.52. The van der Waals surface area contributed by atoms with Gasteiger partial charge in [-0.2, -0.15) is 0 Å². The maximum Gasteiger partial charge on any atom is 1.00 e. The zero-order valence-corrected chi connectivity index (χ0v) is 9.59. The van der Waals surface area contributed by atoms with Crippen molar-refractivity contribution in [3.63, 3.8) is 0 Å². The van der Waals surface area contributed by atoms with Crippen molar-refractivity contribution in [3.8, 4) is 5.75 Å². The molecule has 0 aliphatic rings. The topological polar surface area (TPSA) is 49.4 Å². The molecule has 0 amide bonds. The second kappa shape index (κ2) is 5.84. The number of hydrogen-bond donors (Lipinski definition) is 0. The van der Waals surface area contributed by atoms with Gasteiger partial charge in [-0.05, 0) is 37.5 Å². The molecular formula is C11H13LiO3. The maximum atomic E-state index is 10.2. The molecule has 4 heteroatoms. The van der Waals surface area contributed by atoms with E-state index in [1.165, 1.54) is 0 Å². The summed E-state index contributed by atoms with van der Waals surface area (Å²) in [5, 5.41) is 10.2. The van der Waals surface area contributed by atoms with E-state index in [1.54, 1.807) is 0 Å². The molecule has 0 saturated carbocycles. The smallest absolute Gasteiger partial charge is 0.546 e. The molecule has 0 N–H and O–H groups in total. The Kier molecular flexibility index (Phi) is 5.49. The van der Waals surface area contributed by atoms with Gasteiger partial charge in [0.2, 0.25) is 0 Å². The largest absolute Gasteiger partial charge is 1.00 e. The molecule has 0 spiro atoms. The van der Waals surface area contributed by atoms with Crippen LogP contribution in [0.2, 0.25) is 0 Å². The summed E-state index contributed by atoms with van der Waals surface area (Å²) in [5.41, 5.74) is 3.00. The van der Waals surface area contributed by atoms with Crippen LogP contribution in [0.15, 0.2) is 12.1 Å². The number of aryl methyl sites for hydroxylation is 2. The van der Waals surface area contributed by atoms with E-state index in [9.17, 15) is 9.90 Å². The van der Waals surface area contributed by atoms with Crippen LogP contribution in [-0.2, 0) is 4.79 Å². The number of ether oxygens (including phenoxy) is 1. The second-order valence-electron chi connectivity index (χ2n) is 3.31. The van der Waals surface area contributed by atoms with E-state index < -0.39 is 12.6 Å². The molecule has 0 bridgehead atoms. The Balaban J connectivity index is 0.00000196. The molecule has 3 nitrogen and oxygen atoms in total. The maximum absolute atomic E-state index is 10.2. The van der Waals surface area contributed by atoms with Crippen LogP contribution in [0.1, 0.15) is 16.7 Å². The zero-order chi connectivity index (χ0) is 10.7. The first kappa shape index (κ1) is 14.1. The number of aliphatic carboxylic acids is 1. The summed E-state index contributed by atoms with van der Waals surface area (Å²) in [5.74, 6) is -0.556. The summed E-state index contributed by atoms with van der Waals surface area (Å²) in [4.78, 5) is 10.2. The number of carboxylic acid groups (broad SMARTS) is 1. The first-order valence-electron chi connectivity index (χ1n) is 4.42. The van der Waals surface area contributed by atoms with Crippen molar-refractivity contribution >= 4 is 5.97 Å². The van der Waals surface area contributed by atoms with Crippen molar-refractivity contribution in [1.82, 2.24) is 0 Å². The normalized spacial score (nSPS) is 9.27. The van der Waals surface area contributed by atoms with Crippen LogP contribution in [0.25, 0.3) is 0 Å². The van der Waals surface area contributed by atoms with Gasteiger partial charge in [0.05, 0.1) is 5.97 Å². The van der Waals surface area contributed by atoms with Gasteiger partial charge >= 0.3 is 18.9 Å². The van der Waals surface area contributed by atoms with Gasteiger partial charge in [0.1, 0.15) is 12.4 Å². The van der Waals surface area contributed by atoms with Crippen LogP contribution >= 0.6 is 0 Å². The van der Waals surface area contributed by atoms with Gasteiger partial charge in [-0.1, -0.05) is 12.1 Å². The number of benzene rings is 1. The average Bonchev–Trinajstić information content (AvgIpc) is 2.11. The summed E-state index contributed by atoms with van der Waals surface area (Å²) in [6.07, 6.45) is 0. The SMILES string of the molecule is Cc1ccc(C)c(OCC(=O)[O-])c1C.[Li+]. The standard InChI is InChI=1S/C11H14O3.Li/c1-7-4-5-8(2)11(9(7)3)14-6-10(12)13;/h4-5H,6H2,1-3H3,(H,12,13);/q;+1/p-1. The van der Waals surface area contributed by atoms with Crippen LogP contribution in [0.4, 0.5) is 0 Å². The molecule has 1 rings (SSSR count). The Morgan fingerprint density at radius 1 is 1.27 bits per heavy atom. The van der Waals surface area contributed by atoms with E-state index >= 15 is 0 Å². The summed E-state index contributed by atoms with van der Waals surface area (Å²) in [7, 11) is 0. The van der Waals surface area contributed by atoms with Gasteiger partial charge in [0.15, 0.2) is 0 Å². The van der Waals surface area contributed by atoms with Crippen molar-refractivity contribution in [3.05, 3.63) is 28.8 Å². The predicted octanol–water partition coefficient (Wildman–Crippen LogP) is -2.26. The first-order valence-corrected chi connectivity index (χ1v) is 4.42. The van der Waals surface area contributed by atoms with Gasteiger partial charge in [-0.25, -0.2) is 0 Å². The molecule has 0 aliphatic heterocycles. The zero-order valence-electron chi connectivity index (χ0n) is 9.59. The molecule has 1 aromatic rings. The minimum atomic E-state index is -1.20. The van der Waals surface area contributed by atoms with E-state index in [0.29, 0.717) is 5.75 Å². The van der Waals surface area contributed by atoms with E-state index in [4.69, 9.17) is 4.74 Å². The quantitative estimate of drug-likeness (QED) is 0.518. The second-order valence-corrected chi connectivity index (χ2v) is 3.31. The van der Waals surface area contributed by atoms with Gasteiger partial charge in [-0.3, -0.25) is 0 Å². The molecule has 0 fully saturated rings.